The van der Waals surface area contributed by atoms with E-state index in [1.807, 2.05) is 12.1 Å². The van der Waals surface area contributed by atoms with Crippen LogP contribution in [0, 0.1) is 5.82 Å². The van der Waals surface area contributed by atoms with Gasteiger partial charge in [-0.05, 0) is 43.2 Å². The fourth-order valence-corrected chi connectivity index (χ4v) is 3.85. The van der Waals surface area contributed by atoms with Crippen LogP contribution in [0.4, 0.5) is 4.39 Å². The van der Waals surface area contributed by atoms with Crippen LogP contribution in [0.3, 0.4) is 0 Å². The molecule has 0 spiro atoms. The summed E-state index contributed by atoms with van der Waals surface area (Å²) in [5.74, 6) is -0.574. The van der Waals surface area contributed by atoms with E-state index in [0.717, 1.165) is 36.0 Å². The van der Waals surface area contributed by atoms with Crippen molar-refractivity contribution in [3.05, 3.63) is 64.8 Å². The van der Waals surface area contributed by atoms with Gasteiger partial charge in [0.2, 0.25) is 0 Å². The zero-order valence-electron chi connectivity index (χ0n) is 14.9. The van der Waals surface area contributed by atoms with E-state index in [1.165, 1.54) is 6.07 Å². The maximum Gasteiger partial charge on any atom is 0.270 e. The molecule has 1 aliphatic rings. The largest absolute Gasteiger partial charge is 0.361 e. The third kappa shape index (κ3) is 3.55. The van der Waals surface area contributed by atoms with Crippen LogP contribution in [0.1, 0.15) is 35.4 Å². The number of nitrogens with one attached hydrogen (secondary N) is 2. The summed E-state index contributed by atoms with van der Waals surface area (Å²) in [6.45, 7) is 3.64. The number of halogens is 2. The van der Waals surface area contributed by atoms with Gasteiger partial charge in [-0.2, -0.15) is 0 Å². The molecule has 140 valence electrons. The van der Waals surface area contributed by atoms with Crippen LogP contribution in [-0.4, -0.2) is 39.9 Å². The molecule has 1 amide bonds. The number of aromatic amines is 1. The minimum atomic E-state index is -0.411. The van der Waals surface area contributed by atoms with Crippen molar-refractivity contribution in [2.24, 2.45) is 0 Å². The van der Waals surface area contributed by atoms with Crippen molar-refractivity contribution in [3.63, 3.8) is 0 Å². The number of H-pyrrole nitrogens is 1. The molecule has 1 aromatic carbocycles. The molecule has 0 bridgehead atoms. The maximum atomic E-state index is 13.4. The van der Waals surface area contributed by atoms with E-state index in [2.05, 4.69) is 27.1 Å². The summed E-state index contributed by atoms with van der Waals surface area (Å²) in [7, 11) is 0. The molecule has 2 atom stereocenters. The number of rotatable bonds is 4. The fourth-order valence-electron chi connectivity index (χ4n) is 3.66. The van der Waals surface area contributed by atoms with Crippen LogP contribution in [0.2, 0.25) is 5.02 Å². The highest BCUT2D eigenvalue weighted by atomic mass is 35.5. The normalized spacial score (nSPS) is 18.7. The molecule has 0 saturated carbocycles. The lowest BCUT2D eigenvalue weighted by molar-refractivity contribution is 0.0933. The molecule has 27 heavy (non-hydrogen) atoms. The lowest BCUT2D eigenvalue weighted by Gasteiger charge is -2.25. The third-order valence-corrected chi connectivity index (χ3v) is 5.51. The molecule has 0 radical (unpaired) electrons. The predicted molar refractivity (Wildman–Crippen MR) is 103 cm³/mol. The Hall–Kier alpha value is -2.44. The smallest absolute Gasteiger partial charge is 0.270 e. The molecule has 0 aliphatic carbocycles. The Kier molecular flexibility index (Phi) is 4.85. The Morgan fingerprint density at radius 3 is 3.07 bits per heavy atom. The topological polar surface area (TPSA) is 61.0 Å². The van der Waals surface area contributed by atoms with Crippen LogP contribution in [-0.2, 0) is 0 Å². The molecule has 1 saturated heterocycles. The van der Waals surface area contributed by atoms with Crippen LogP contribution in [0.5, 0.6) is 0 Å². The second-order valence-electron chi connectivity index (χ2n) is 6.90. The lowest BCUT2D eigenvalue weighted by Crippen LogP contribution is -2.38. The van der Waals surface area contributed by atoms with E-state index in [-0.39, 0.29) is 23.0 Å². The number of fused-ring (bicyclic) bond motifs is 1. The second kappa shape index (κ2) is 7.29. The van der Waals surface area contributed by atoms with Crippen molar-refractivity contribution in [2.75, 3.05) is 13.1 Å². The molecule has 3 aromatic rings. The molecule has 2 aromatic heterocycles. The summed E-state index contributed by atoms with van der Waals surface area (Å²) in [4.78, 5) is 22.3. The van der Waals surface area contributed by atoms with Gasteiger partial charge in [-0.1, -0.05) is 17.7 Å². The molecule has 1 fully saturated rings. The van der Waals surface area contributed by atoms with Crippen LogP contribution in [0.15, 0.2) is 42.7 Å². The molecular weight excluding hydrogens is 367 g/mol. The minimum Gasteiger partial charge on any atom is -0.361 e. The Morgan fingerprint density at radius 2 is 2.26 bits per heavy atom. The van der Waals surface area contributed by atoms with Crippen molar-refractivity contribution in [2.45, 2.75) is 25.4 Å². The highest BCUT2D eigenvalue weighted by molar-refractivity contribution is 6.30. The van der Waals surface area contributed by atoms with Crippen molar-refractivity contribution in [1.29, 1.82) is 0 Å². The maximum absolute atomic E-state index is 13.4. The van der Waals surface area contributed by atoms with Gasteiger partial charge in [-0.15, -0.1) is 0 Å². The summed E-state index contributed by atoms with van der Waals surface area (Å²) >= 11 is 5.91. The first-order chi connectivity index (χ1) is 13.0. The average Bonchev–Trinajstić information content (AvgIpc) is 3.32. The monoisotopic (exact) mass is 386 g/mol. The van der Waals surface area contributed by atoms with Crippen molar-refractivity contribution in [1.82, 2.24) is 20.2 Å². The summed E-state index contributed by atoms with van der Waals surface area (Å²) in [6, 6.07) is 8.67. The molecular formula is C20H20ClFN4O. The highest BCUT2D eigenvalue weighted by Crippen LogP contribution is 2.28. The van der Waals surface area contributed by atoms with Crippen LogP contribution >= 0.6 is 11.6 Å². The van der Waals surface area contributed by atoms with E-state index in [4.69, 9.17) is 11.6 Å². The lowest BCUT2D eigenvalue weighted by atomic mass is 10.1. The van der Waals surface area contributed by atoms with Crippen LogP contribution < -0.4 is 5.32 Å². The molecule has 5 nitrogen and oxygen atoms in total. The van der Waals surface area contributed by atoms with Gasteiger partial charge in [0.25, 0.3) is 5.91 Å². The SMILES string of the molecule is CC(c1ccc(F)c(Cl)c1)N1CCC(NC(=O)c2nccc3[nH]ccc23)C1. The quantitative estimate of drug-likeness (QED) is 0.714. The predicted octanol–water partition coefficient (Wildman–Crippen LogP) is 3.92. The number of benzene rings is 1. The number of carbonyl (C=O) groups excluding carboxylic acids is 1. The van der Waals surface area contributed by atoms with Crippen molar-refractivity contribution >= 4 is 28.4 Å². The van der Waals surface area contributed by atoms with Crippen molar-refractivity contribution in [3.8, 4) is 0 Å². The summed E-state index contributed by atoms with van der Waals surface area (Å²) in [5, 5.41) is 4.04. The average molecular weight is 387 g/mol. The fraction of sp³-hybridized carbons (Fsp3) is 0.300. The zero-order chi connectivity index (χ0) is 19.0. The first-order valence-corrected chi connectivity index (χ1v) is 9.32. The van der Waals surface area contributed by atoms with Gasteiger partial charge in [0.15, 0.2) is 0 Å². The summed E-state index contributed by atoms with van der Waals surface area (Å²) in [6.07, 6.45) is 4.29. The number of carbonyl (C=O) groups is 1. The standard InChI is InChI=1S/C20H20ClFN4O/c1-12(13-2-3-17(22)16(21)10-13)26-9-6-14(11-26)25-20(27)19-15-4-7-23-18(15)5-8-24-19/h2-5,7-8,10,12,14,23H,6,9,11H2,1H3,(H,25,27). The van der Waals surface area contributed by atoms with Crippen LogP contribution in [0.25, 0.3) is 10.9 Å². The Bertz CT molecular complexity index is 989. The number of hydrogen-bond acceptors (Lipinski definition) is 3. The Balaban J connectivity index is 1.43. The van der Waals surface area contributed by atoms with Gasteiger partial charge in [0, 0.05) is 48.5 Å². The molecule has 7 heteroatoms. The third-order valence-electron chi connectivity index (χ3n) is 5.22. The summed E-state index contributed by atoms with van der Waals surface area (Å²) in [5.41, 5.74) is 2.29. The van der Waals surface area contributed by atoms with Gasteiger partial charge < -0.3 is 10.3 Å². The minimum absolute atomic E-state index is 0.0480. The second-order valence-corrected chi connectivity index (χ2v) is 7.31. The zero-order valence-corrected chi connectivity index (χ0v) is 15.6. The number of nitrogens with zero attached hydrogens (tertiary/aromatic N) is 2. The van der Waals surface area contributed by atoms with Gasteiger partial charge in [0.05, 0.1) is 5.02 Å². The van der Waals surface area contributed by atoms with E-state index in [0.29, 0.717) is 5.69 Å². The molecule has 3 heterocycles. The van der Waals surface area contributed by atoms with E-state index in [9.17, 15) is 9.18 Å². The number of pyridine rings is 1. The first kappa shape index (κ1) is 17.9. The van der Waals surface area contributed by atoms with E-state index in [1.54, 1.807) is 24.5 Å². The first-order valence-electron chi connectivity index (χ1n) is 8.95. The molecule has 2 unspecified atom stereocenters. The molecule has 4 rings (SSSR count). The number of amides is 1. The highest BCUT2D eigenvalue weighted by Gasteiger charge is 2.29. The summed E-state index contributed by atoms with van der Waals surface area (Å²) < 4.78 is 13.4. The molecule has 2 N–H and O–H groups in total. The number of likely N-dealkylation sites (tertiary alicyclic amines) is 1. The van der Waals surface area contributed by atoms with Crippen molar-refractivity contribution < 1.29 is 9.18 Å². The Labute approximate surface area is 161 Å². The molecule has 1 aliphatic heterocycles. The van der Waals surface area contributed by atoms with Gasteiger partial charge in [-0.25, -0.2) is 4.39 Å². The Morgan fingerprint density at radius 1 is 1.41 bits per heavy atom. The number of aromatic nitrogens is 2. The number of hydrogen-bond donors (Lipinski definition) is 2. The van der Waals surface area contributed by atoms with Gasteiger partial charge >= 0.3 is 0 Å². The van der Waals surface area contributed by atoms with Gasteiger partial charge in [0.1, 0.15) is 11.5 Å². The van der Waals surface area contributed by atoms with E-state index >= 15 is 0 Å². The van der Waals surface area contributed by atoms with E-state index < -0.39 is 5.82 Å². The van der Waals surface area contributed by atoms with Gasteiger partial charge in [-0.3, -0.25) is 14.7 Å².